The molecule has 1 amide bonds. The molecule has 26 heavy (non-hydrogen) atoms. The number of aromatic nitrogens is 2. The van der Waals surface area contributed by atoms with Crippen LogP contribution in [-0.4, -0.2) is 47.8 Å². The smallest absolute Gasteiger partial charge is 0.272 e. The molecule has 1 atom stereocenters. The highest BCUT2D eigenvalue weighted by Crippen LogP contribution is 2.16. The molecule has 6 nitrogen and oxygen atoms in total. The van der Waals surface area contributed by atoms with Crippen molar-refractivity contribution < 1.29 is 4.79 Å². The number of hydrogen-bond acceptors (Lipinski definition) is 4. The summed E-state index contributed by atoms with van der Waals surface area (Å²) in [5.74, 6) is -0.123. The molecule has 0 radical (unpaired) electrons. The van der Waals surface area contributed by atoms with Crippen LogP contribution in [0.5, 0.6) is 0 Å². The summed E-state index contributed by atoms with van der Waals surface area (Å²) in [5, 5.41) is 10.8. The van der Waals surface area contributed by atoms with Crippen LogP contribution in [0.15, 0.2) is 36.5 Å². The highest BCUT2D eigenvalue weighted by Gasteiger charge is 2.17. The van der Waals surface area contributed by atoms with E-state index in [0.717, 1.165) is 38.0 Å². The molecule has 2 aromatic rings. The van der Waals surface area contributed by atoms with Crippen molar-refractivity contribution in [2.75, 3.05) is 27.2 Å². The Morgan fingerprint density at radius 1 is 1.31 bits per heavy atom. The van der Waals surface area contributed by atoms with Crippen LogP contribution in [0.3, 0.4) is 0 Å². The van der Waals surface area contributed by atoms with Gasteiger partial charge in [0, 0.05) is 25.8 Å². The summed E-state index contributed by atoms with van der Waals surface area (Å²) in [5.41, 5.74) is 2.85. The highest BCUT2D eigenvalue weighted by molar-refractivity contribution is 5.92. The molecule has 0 spiro atoms. The number of hydrogen-bond donors (Lipinski definition) is 2. The first-order valence-electron chi connectivity index (χ1n) is 8.89. The monoisotopic (exact) mass is 377 g/mol. The number of halogens is 1. The van der Waals surface area contributed by atoms with Gasteiger partial charge in [-0.2, -0.15) is 5.10 Å². The highest BCUT2D eigenvalue weighted by atomic mass is 35.5. The topological polar surface area (TPSA) is 62.2 Å². The Balaban J connectivity index is 0.00000243. The van der Waals surface area contributed by atoms with Gasteiger partial charge in [0.05, 0.1) is 6.04 Å². The van der Waals surface area contributed by atoms with Crippen LogP contribution in [0.2, 0.25) is 0 Å². The van der Waals surface area contributed by atoms with Crippen molar-refractivity contribution >= 4 is 18.3 Å². The number of carbonyl (C=O) groups excluding carboxylic acids is 1. The molecule has 2 N–H and O–H groups in total. The van der Waals surface area contributed by atoms with Crippen molar-refractivity contribution in [3.63, 3.8) is 0 Å². The third-order valence-corrected chi connectivity index (χ3v) is 4.53. The van der Waals surface area contributed by atoms with E-state index in [9.17, 15) is 4.79 Å². The molecule has 1 aliphatic rings. The van der Waals surface area contributed by atoms with E-state index in [1.165, 1.54) is 5.56 Å². The Hall–Kier alpha value is -1.89. The Labute approximate surface area is 161 Å². The molecule has 1 aromatic heterocycles. The van der Waals surface area contributed by atoms with Gasteiger partial charge < -0.3 is 15.5 Å². The molecule has 142 valence electrons. The van der Waals surface area contributed by atoms with Crippen molar-refractivity contribution in [1.29, 1.82) is 0 Å². The minimum absolute atomic E-state index is 0. The predicted molar refractivity (Wildman–Crippen MR) is 106 cm³/mol. The maximum Gasteiger partial charge on any atom is 0.272 e. The Morgan fingerprint density at radius 3 is 2.77 bits per heavy atom. The number of amides is 1. The number of rotatable bonds is 6. The third kappa shape index (κ3) is 5.30. The van der Waals surface area contributed by atoms with E-state index in [1.807, 2.05) is 37.1 Å². The molecule has 2 heterocycles. The van der Waals surface area contributed by atoms with Gasteiger partial charge in [0.25, 0.3) is 5.91 Å². The van der Waals surface area contributed by atoms with Gasteiger partial charge in [-0.25, -0.2) is 0 Å². The fourth-order valence-electron chi connectivity index (χ4n) is 3.21. The first-order valence-corrected chi connectivity index (χ1v) is 8.89. The lowest BCUT2D eigenvalue weighted by atomic mass is 10.1. The molecule has 1 aliphatic heterocycles. The van der Waals surface area contributed by atoms with E-state index in [2.05, 4.69) is 32.8 Å². The number of nitrogens with one attached hydrogen (secondary N) is 2. The van der Waals surface area contributed by atoms with Crippen molar-refractivity contribution in [3.8, 4) is 0 Å². The fourth-order valence-corrected chi connectivity index (χ4v) is 3.21. The van der Waals surface area contributed by atoms with E-state index < -0.39 is 0 Å². The second-order valence-corrected chi connectivity index (χ2v) is 6.87. The van der Waals surface area contributed by atoms with Crippen LogP contribution < -0.4 is 10.6 Å². The molecule has 0 saturated carbocycles. The second kappa shape index (κ2) is 9.71. The lowest BCUT2D eigenvalue weighted by molar-refractivity contribution is 0.0944. The Kier molecular flexibility index (Phi) is 7.63. The maximum absolute atomic E-state index is 12.4. The minimum Gasteiger partial charge on any atom is -0.347 e. The van der Waals surface area contributed by atoms with E-state index >= 15 is 0 Å². The third-order valence-electron chi connectivity index (χ3n) is 4.53. The van der Waals surface area contributed by atoms with Crippen LogP contribution in [-0.2, 0) is 13.1 Å². The largest absolute Gasteiger partial charge is 0.347 e. The van der Waals surface area contributed by atoms with E-state index in [4.69, 9.17) is 0 Å². The molecule has 1 saturated heterocycles. The molecule has 0 aliphatic carbocycles. The Morgan fingerprint density at radius 2 is 2.08 bits per heavy atom. The summed E-state index contributed by atoms with van der Waals surface area (Å²) < 4.78 is 1.92. The van der Waals surface area contributed by atoms with E-state index in [0.29, 0.717) is 18.3 Å². The van der Waals surface area contributed by atoms with E-state index in [-0.39, 0.29) is 18.3 Å². The number of piperidine rings is 1. The van der Waals surface area contributed by atoms with Gasteiger partial charge in [0.15, 0.2) is 0 Å². The maximum atomic E-state index is 12.4. The van der Waals surface area contributed by atoms with Gasteiger partial charge in [0.2, 0.25) is 0 Å². The zero-order valence-corrected chi connectivity index (χ0v) is 16.3. The predicted octanol–water partition coefficient (Wildman–Crippen LogP) is 2.22. The standard InChI is InChI=1S/C19H27N5O.ClH/c1-23(2)14-16-7-4-3-6-15(16)12-21-19(25)18-9-11-24(22-18)17-8-5-10-20-13-17;/h3-4,6-7,9,11,17,20H,5,8,10,12-14H2,1-2H3,(H,21,25);1H. The van der Waals surface area contributed by atoms with Crippen LogP contribution in [0.1, 0.15) is 40.5 Å². The molecular formula is C19H28ClN5O. The molecule has 7 heteroatoms. The summed E-state index contributed by atoms with van der Waals surface area (Å²) in [7, 11) is 4.09. The molecule has 0 bridgehead atoms. The zero-order valence-electron chi connectivity index (χ0n) is 15.4. The zero-order chi connectivity index (χ0) is 17.6. The average Bonchev–Trinajstić information content (AvgIpc) is 3.11. The van der Waals surface area contributed by atoms with Crippen LogP contribution in [0, 0.1) is 0 Å². The number of benzene rings is 1. The summed E-state index contributed by atoms with van der Waals surface area (Å²) in [6, 6.07) is 10.3. The van der Waals surface area contributed by atoms with Crippen molar-refractivity contribution in [2.24, 2.45) is 0 Å². The molecule has 3 rings (SSSR count). The average molecular weight is 378 g/mol. The summed E-state index contributed by atoms with van der Waals surface area (Å²) >= 11 is 0. The van der Waals surface area contributed by atoms with Gasteiger partial charge >= 0.3 is 0 Å². The van der Waals surface area contributed by atoms with Gasteiger partial charge in [-0.3, -0.25) is 9.48 Å². The minimum atomic E-state index is -0.123. The second-order valence-electron chi connectivity index (χ2n) is 6.87. The molecular weight excluding hydrogens is 350 g/mol. The van der Waals surface area contributed by atoms with Crippen LogP contribution >= 0.6 is 12.4 Å². The van der Waals surface area contributed by atoms with Gasteiger partial charge in [-0.1, -0.05) is 24.3 Å². The van der Waals surface area contributed by atoms with Crippen molar-refractivity contribution in [1.82, 2.24) is 25.3 Å². The number of nitrogens with zero attached hydrogens (tertiary/aromatic N) is 3. The summed E-state index contributed by atoms with van der Waals surface area (Å²) in [6.45, 7) is 3.36. The SMILES string of the molecule is CN(C)Cc1ccccc1CNC(=O)c1ccn(C2CCCNC2)n1.Cl. The molecule has 1 aromatic carbocycles. The van der Waals surface area contributed by atoms with Gasteiger partial charge in [-0.15, -0.1) is 12.4 Å². The first-order chi connectivity index (χ1) is 12.1. The van der Waals surface area contributed by atoms with Crippen molar-refractivity contribution in [2.45, 2.75) is 32.0 Å². The lowest BCUT2D eigenvalue weighted by Crippen LogP contribution is -2.32. The van der Waals surface area contributed by atoms with Crippen LogP contribution in [0.4, 0.5) is 0 Å². The summed E-state index contributed by atoms with van der Waals surface area (Å²) in [6.07, 6.45) is 4.16. The van der Waals surface area contributed by atoms with Gasteiger partial charge in [-0.05, 0) is 50.7 Å². The van der Waals surface area contributed by atoms with Gasteiger partial charge in [0.1, 0.15) is 5.69 Å². The fraction of sp³-hybridized carbons (Fsp3) is 0.474. The van der Waals surface area contributed by atoms with Crippen LogP contribution in [0.25, 0.3) is 0 Å². The van der Waals surface area contributed by atoms with E-state index in [1.54, 1.807) is 6.07 Å². The van der Waals surface area contributed by atoms with Crippen molar-refractivity contribution in [3.05, 3.63) is 53.3 Å². The normalized spacial score (nSPS) is 17.0. The Bertz CT molecular complexity index is 709. The summed E-state index contributed by atoms with van der Waals surface area (Å²) in [4.78, 5) is 14.6. The number of carbonyl (C=O) groups is 1. The first kappa shape index (κ1) is 20.4. The molecule has 1 fully saturated rings. The lowest BCUT2D eigenvalue weighted by Gasteiger charge is -2.22. The quantitative estimate of drug-likeness (QED) is 0.810. The molecule has 1 unspecified atom stereocenters.